The van der Waals surface area contributed by atoms with E-state index in [1.807, 2.05) is 52.2 Å². The molecule has 1 aliphatic rings. The second kappa shape index (κ2) is 9.49. The fourth-order valence-electron chi connectivity index (χ4n) is 5.93. The summed E-state index contributed by atoms with van der Waals surface area (Å²) in [6.45, 7) is 7.08. The fourth-order valence-corrected chi connectivity index (χ4v) is 6.12. The van der Waals surface area contributed by atoms with Crippen molar-refractivity contribution in [3.63, 3.8) is 0 Å². The Morgan fingerprint density at radius 3 is 2.55 bits per heavy atom. The molecule has 5 aromatic rings. The number of halogens is 1. The molecule has 3 aromatic heterocycles. The van der Waals surface area contributed by atoms with Gasteiger partial charge in [0, 0.05) is 42.4 Å². The quantitative estimate of drug-likeness (QED) is 0.294. The minimum atomic E-state index is -0.976. The number of benzene rings is 2. The summed E-state index contributed by atoms with van der Waals surface area (Å²) in [7, 11) is 1.90. The van der Waals surface area contributed by atoms with Gasteiger partial charge in [0.2, 0.25) is 0 Å². The summed E-state index contributed by atoms with van der Waals surface area (Å²) in [5, 5.41) is 21.2. The Labute approximate surface area is 227 Å². The second-order valence-corrected chi connectivity index (χ2v) is 11.3. The van der Waals surface area contributed by atoms with Gasteiger partial charge < -0.3 is 14.4 Å². The zero-order chi connectivity index (χ0) is 26.6. The Morgan fingerprint density at radius 1 is 1.08 bits per heavy atom. The third kappa shape index (κ3) is 4.28. The smallest absolute Gasteiger partial charge is 0.0960 e. The number of hydrogen-bond donors (Lipinski definition) is 1. The first kappa shape index (κ1) is 25.0. The molecule has 1 aliphatic heterocycles. The lowest BCUT2D eigenvalue weighted by Gasteiger charge is -2.33. The van der Waals surface area contributed by atoms with Gasteiger partial charge in [-0.3, -0.25) is 4.98 Å². The normalized spacial score (nSPS) is 15.9. The van der Waals surface area contributed by atoms with Crippen molar-refractivity contribution in [1.82, 2.24) is 24.5 Å². The molecule has 1 N–H and O–H groups in total. The van der Waals surface area contributed by atoms with E-state index in [1.165, 1.54) is 0 Å². The van der Waals surface area contributed by atoms with Gasteiger partial charge in [-0.05, 0) is 74.9 Å². The van der Waals surface area contributed by atoms with Crippen molar-refractivity contribution in [3.05, 3.63) is 76.6 Å². The summed E-state index contributed by atoms with van der Waals surface area (Å²) >= 11 is 6.54. The van der Waals surface area contributed by atoms with Gasteiger partial charge in [-0.15, -0.1) is 5.10 Å². The van der Waals surface area contributed by atoms with Gasteiger partial charge in [0.05, 0.1) is 39.6 Å². The van der Waals surface area contributed by atoms with Crippen LogP contribution >= 0.6 is 11.6 Å². The molecule has 0 saturated carbocycles. The first-order valence-electron chi connectivity index (χ1n) is 13.1. The van der Waals surface area contributed by atoms with Crippen LogP contribution in [0.4, 0.5) is 0 Å². The van der Waals surface area contributed by atoms with Crippen LogP contribution in [0.3, 0.4) is 0 Å². The number of rotatable bonds is 5. The Morgan fingerprint density at radius 2 is 1.87 bits per heavy atom. The van der Waals surface area contributed by atoms with E-state index in [9.17, 15) is 5.11 Å². The number of aliphatic hydroxyl groups is 1. The van der Waals surface area contributed by atoms with Gasteiger partial charge in [0.1, 0.15) is 0 Å². The summed E-state index contributed by atoms with van der Waals surface area (Å²) < 4.78 is 9.97. The van der Waals surface area contributed by atoms with Crippen LogP contribution in [0.5, 0.6) is 0 Å². The van der Waals surface area contributed by atoms with Crippen molar-refractivity contribution in [2.75, 3.05) is 13.2 Å². The van der Waals surface area contributed by atoms with Crippen molar-refractivity contribution in [2.24, 2.45) is 13.0 Å². The maximum atomic E-state index is 10.9. The molecular formula is C30H32ClN5O2. The Balaban J connectivity index is 1.70. The molecule has 0 amide bonds. The van der Waals surface area contributed by atoms with E-state index in [1.54, 1.807) is 4.68 Å². The van der Waals surface area contributed by atoms with E-state index in [4.69, 9.17) is 21.3 Å². The molecule has 38 heavy (non-hydrogen) atoms. The molecular weight excluding hydrogens is 498 g/mol. The predicted molar refractivity (Wildman–Crippen MR) is 150 cm³/mol. The van der Waals surface area contributed by atoms with E-state index < -0.39 is 5.60 Å². The molecule has 0 unspecified atom stereocenters. The van der Waals surface area contributed by atoms with Crippen LogP contribution in [0.15, 0.2) is 54.7 Å². The van der Waals surface area contributed by atoms with Crippen molar-refractivity contribution in [2.45, 2.75) is 45.3 Å². The van der Waals surface area contributed by atoms with E-state index >= 15 is 0 Å². The number of hydrogen-bond acceptors (Lipinski definition) is 5. The van der Waals surface area contributed by atoms with Gasteiger partial charge in [-0.1, -0.05) is 41.1 Å². The van der Waals surface area contributed by atoms with E-state index in [0.717, 1.165) is 76.1 Å². The highest BCUT2D eigenvalue weighted by Gasteiger charge is 2.31. The van der Waals surface area contributed by atoms with Crippen LogP contribution in [-0.4, -0.2) is 42.9 Å². The first-order chi connectivity index (χ1) is 18.2. The van der Waals surface area contributed by atoms with E-state index in [2.05, 4.69) is 45.2 Å². The van der Waals surface area contributed by atoms with E-state index in [-0.39, 0.29) is 6.04 Å². The number of nitrogens with zero attached hydrogens (tertiary/aromatic N) is 5. The summed E-state index contributed by atoms with van der Waals surface area (Å²) in [6, 6.07) is 16.6. The van der Waals surface area contributed by atoms with Crippen molar-refractivity contribution in [3.8, 4) is 11.3 Å². The molecule has 2 aromatic carbocycles. The van der Waals surface area contributed by atoms with Gasteiger partial charge in [0.15, 0.2) is 0 Å². The molecule has 0 radical (unpaired) electrons. The standard InChI is InChI=1S/C30H32ClN5O2/c1-18-28(35(4)34-33-18)21-15-26-27(32-17-21)24-9-8-22(30(2,3)37)16-25(24)36(26)29(19-10-12-38-13-11-19)20-6-5-7-23(31)14-20/h5-9,14-17,19,29,37H,10-13H2,1-4H3/t29-/m0/s1. The average molecular weight is 530 g/mol. The minimum absolute atomic E-state index is 0.0115. The maximum absolute atomic E-state index is 10.9. The molecule has 1 atom stereocenters. The predicted octanol–water partition coefficient (Wildman–Crippen LogP) is 6.19. The molecule has 8 heteroatoms. The number of ether oxygens (including phenoxy) is 1. The van der Waals surface area contributed by atoms with Gasteiger partial charge in [0.25, 0.3) is 0 Å². The Kier molecular flexibility index (Phi) is 6.25. The number of pyridine rings is 1. The van der Waals surface area contributed by atoms with Crippen LogP contribution in [0, 0.1) is 12.8 Å². The van der Waals surface area contributed by atoms with Gasteiger partial charge in [-0.25, -0.2) is 4.68 Å². The highest BCUT2D eigenvalue weighted by atomic mass is 35.5. The molecule has 0 bridgehead atoms. The zero-order valence-corrected chi connectivity index (χ0v) is 22.9. The summed E-state index contributed by atoms with van der Waals surface area (Å²) in [5.41, 5.74) is 6.80. The van der Waals surface area contributed by atoms with E-state index in [0.29, 0.717) is 10.9 Å². The highest BCUT2D eigenvalue weighted by Crippen LogP contribution is 2.42. The number of aryl methyl sites for hydroxylation is 2. The molecule has 4 heterocycles. The number of fused-ring (bicyclic) bond motifs is 3. The van der Waals surface area contributed by atoms with Gasteiger partial charge >= 0.3 is 0 Å². The lowest BCUT2D eigenvalue weighted by atomic mass is 9.86. The van der Waals surface area contributed by atoms with Crippen LogP contribution in [0.1, 0.15) is 49.6 Å². The van der Waals surface area contributed by atoms with Crippen LogP contribution in [0.25, 0.3) is 33.2 Å². The minimum Gasteiger partial charge on any atom is -0.386 e. The summed E-state index contributed by atoms with van der Waals surface area (Å²) in [4.78, 5) is 5.00. The number of aromatic nitrogens is 5. The lowest BCUT2D eigenvalue weighted by molar-refractivity contribution is 0.0552. The third-order valence-electron chi connectivity index (χ3n) is 7.80. The average Bonchev–Trinajstić information content (AvgIpc) is 3.40. The first-order valence-corrected chi connectivity index (χ1v) is 13.5. The second-order valence-electron chi connectivity index (χ2n) is 10.8. The molecule has 0 aliphatic carbocycles. The van der Waals surface area contributed by atoms with Crippen LogP contribution in [0.2, 0.25) is 5.02 Å². The molecule has 1 saturated heterocycles. The molecule has 6 rings (SSSR count). The molecule has 0 spiro atoms. The molecule has 196 valence electrons. The largest absolute Gasteiger partial charge is 0.386 e. The maximum Gasteiger partial charge on any atom is 0.0960 e. The fraction of sp³-hybridized carbons (Fsp3) is 0.367. The van der Waals surface area contributed by atoms with Crippen molar-refractivity contribution >= 4 is 33.5 Å². The SMILES string of the molecule is Cc1nnn(C)c1-c1cnc2c3ccc(C(C)(C)O)cc3n([C@H](c3cccc(Cl)c3)C3CCOCC3)c2c1. The topological polar surface area (TPSA) is 78.0 Å². The third-order valence-corrected chi connectivity index (χ3v) is 8.03. The van der Waals surface area contributed by atoms with Crippen molar-refractivity contribution < 1.29 is 9.84 Å². The van der Waals surface area contributed by atoms with Crippen LogP contribution < -0.4 is 0 Å². The zero-order valence-electron chi connectivity index (χ0n) is 22.1. The molecule has 7 nitrogen and oxygen atoms in total. The van der Waals surface area contributed by atoms with Crippen LogP contribution in [-0.2, 0) is 17.4 Å². The highest BCUT2D eigenvalue weighted by molar-refractivity contribution is 6.30. The summed E-state index contributed by atoms with van der Waals surface area (Å²) in [5.74, 6) is 0.343. The summed E-state index contributed by atoms with van der Waals surface area (Å²) in [6.07, 6.45) is 3.80. The lowest BCUT2D eigenvalue weighted by Crippen LogP contribution is -2.27. The molecule has 1 fully saturated rings. The monoisotopic (exact) mass is 529 g/mol. The Hall–Kier alpha value is -3.26. The van der Waals surface area contributed by atoms with Crippen molar-refractivity contribution in [1.29, 1.82) is 0 Å². The Bertz CT molecular complexity index is 1620. The van der Waals surface area contributed by atoms with Gasteiger partial charge in [-0.2, -0.15) is 0 Å².